The molecular formula is C11H11F2N5O2S. The number of nitrogens with two attached hydrogens (primary N) is 2. The van der Waals surface area contributed by atoms with Crippen molar-refractivity contribution >= 4 is 17.7 Å². The summed E-state index contributed by atoms with van der Waals surface area (Å²) < 4.78 is 29.5. The fourth-order valence-corrected chi connectivity index (χ4v) is 2.09. The summed E-state index contributed by atoms with van der Waals surface area (Å²) in [5.74, 6) is 5.68. The van der Waals surface area contributed by atoms with Gasteiger partial charge in [0.05, 0.1) is 5.75 Å². The molecule has 0 saturated heterocycles. The minimum Gasteiger partial charge on any atom is -0.435 e. The Morgan fingerprint density at radius 3 is 2.57 bits per heavy atom. The number of alkyl halides is 2. The van der Waals surface area contributed by atoms with E-state index in [1.807, 2.05) is 0 Å². The summed E-state index contributed by atoms with van der Waals surface area (Å²) in [5.41, 5.74) is 5.60. The fraction of sp³-hybridized carbons (Fsp3) is 0.182. The van der Waals surface area contributed by atoms with E-state index in [4.69, 9.17) is 11.6 Å². The van der Waals surface area contributed by atoms with Crippen molar-refractivity contribution in [1.29, 1.82) is 0 Å². The molecule has 0 radical (unpaired) electrons. The number of nitrogens with zero attached hydrogens (tertiary/aromatic N) is 3. The van der Waals surface area contributed by atoms with Crippen LogP contribution in [0.1, 0.15) is 0 Å². The predicted octanol–water partition coefficient (Wildman–Crippen LogP) is 0.838. The second-order valence-electron chi connectivity index (χ2n) is 3.83. The van der Waals surface area contributed by atoms with E-state index in [1.165, 1.54) is 28.9 Å². The number of benzene rings is 1. The molecule has 1 aromatic heterocycles. The molecule has 1 amide bonds. The molecule has 0 aliphatic rings. The van der Waals surface area contributed by atoms with Gasteiger partial charge in [-0.1, -0.05) is 11.8 Å². The van der Waals surface area contributed by atoms with Gasteiger partial charge in [-0.15, -0.1) is 10.2 Å². The first-order valence-corrected chi connectivity index (χ1v) is 6.63. The van der Waals surface area contributed by atoms with Crippen LogP contribution in [-0.4, -0.2) is 33.1 Å². The van der Waals surface area contributed by atoms with Gasteiger partial charge in [0.1, 0.15) is 5.75 Å². The first-order valence-electron chi connectivity index (χ1n) is 5.64. The molecule has 2 rings (SSSR count). The number of carbonyl (C=O) groups is 1. The molecule has 21 heavy (non-hydrogen) atoms. The maximum Gasteiger partial charge on any atom is 0.387 e. The molecule has 0 aliphatic carbocycles. The molecule has 7 nitrogen and oxygen atoms in total. The average molecular weight is 315 g/mol. The van der Waals surface area contributed by atoms with Crippen molar-refractivity contribution in [2.24, 2.45) is 5.73 Å². The van der Waals surface area contributed by atoms with E-state index in [2.05, 4.69) is 14.9 Å². The highest BCUT2D eigenvalue weighted by Crippen LogP contribution is 2.24. The van der Waals surface area contributed by atoms with Gasteiger partial charge in [0.25, 0.3) is 0 Å². The van der Waals surface area contributed by atoms with E-state index in [0.717, 1.165) is 11.8 Å². The summed E-state index contributed by atoms with van der Waals surface area (Å²) in [5, 5.41) is 8.02. The van der Waals surface area contributed by atoms with E-state index in [1.54, 1.807) is 0 Å². The Balaban J connectivity index is 2.16. The molecule has 10 heteroatoms. The first-order chi connectivity index (χ1) is 9.97. The summed E-state index contributed by atoms with van der Waals surface area (Å²) in [4.78, 5) is 10.7. The lowest BCUT2D eigenvalue weighted by Gasteiger charge is -2.06. The Bertz CT molecular complexity index is 632. The largest absolute Gasteiger partial charge is 0.435 e. The first kappa shape index (κ1) is 15.0. The Morgan fingerprint density at radius 2 is 2.00 bits per heavy atom. The topological polar surface area (TPSA) is 109 Å². The van der Waals surface area contributed by atoms with Gasteiger partial charge in [-0.3, -0.25) is 4.79 Å². The Kier molecular flexibility index (Phi) is 4.58. The standard InChI is InChI=1S/C11H11F2N5O2S/c12-10(13)20-7-3-1-6(2-4-7)9-16-17-11(18(9)15)21-5-8(14)19/h1-4,10H,5,15H2,(H2,14,19). The van der Waals surface area contributed by atoms with Crippen LogP contribution in [0.4, 0.5) is 8.78 Å². The summed E-state index contributed by atoms with van der Waals surface area (Å²) in [6.45, 7) is -2.88. The number of rotatable bonds is 6. The average Bonchev–Trinajstić information content (AvgIpc) is 2.78. The summed E-state index contributed by atoms with van der Waals surface area (Å²) in [7, 11) is 0. The van der Waals surface area contributed by atoms with Gasteiger partial charge in [0.2, 0.25) is 11.1 Å². The number of hydrogen-bond acceptors (Lipinski definition) is 6. The van der Waals surface area contributed by atoms with Crippen LogP contribution >= 0.6 is 11.8 Å². The number of hydrogen-bond donors (Lipinski definition) is 2. The lowest BCUT2D eigenvalue weighted by Crippen LogP contribution is -2.16. The Morgan fingerprint density at radius 1 is 1.33 bits per heavy atom. The van der Waals surface area contributed by atoms with Gasteiger partial charge in [0.15, 0.2) is 5.82 Å². The lowest BCUT2D eigenvalue weighted by atomic mass is 10.2. The minimum atomic E-state index is -2.88. The Labute approximate surface area is 122 Å². The third-order valence-electron chi connectivity index (χ3n) is 2.35. The molecule has 0 unspecified atom stereocenters. The van der Waals surface area contributed by atoms with Crippen LogP contribution < -0.4 is 16.3 Å². The van der Waals surface area contributed by atoms with Crippen LogP contribution in [0.25, 0.3) is 11.4 Å². The zero-order valence-electron chi connectivity index (χ0n) is 10.6. The minimum absolute atomic E-state index is 0.0243. The molecule has 0 atom stereocenters. The highest BCUT2D eigenvalue weighted by Gasteiger charge is 2.13. The van der Waals surface area contributed by atoms with Crippen LogP contribution in [0.3, 0.4) is 0 Å². The number of primary amides is 1. The number of thioether (sulfide) groups is 1. The van der Waals surface area contributed by atoms with Crippen LogP contribution in [-0.2, 0) is 4.79 Å². The van der Waals surface area contributed by atoms with Crippen molar-refractivity contribution in [1.82, 2.24) is 14.9 Å². The van der Waals surface area contributed by atoms with Crippen LogP contribution in [0.5, 0.6) is 5.75 Å². The number of ether oxygens (including phenoxy) is 1. The molecular weight excluding hydrogens is 304 g/mol. The maximum absolute atomic E-state index is 12.1. The van der Waals surface area contributed by atoms with Gasteiger partial charge in [-0.05, 0) is 24.3 Å². The molecule has 2 aromatic rings. The summed E-state index contributed by atoms with van der Waals surface area (Å²) >= 11 is 1.05. The van der Waals surface area contributed by atoms with Gasteiger partial charge >= 0.3 is 6.61 Å². The van der Waals surface area contributed by atoms with E-state index in [0.29, 0.717) is 16.5 Å². The van der Waals surface area contributed by atoms with Crippen LogP contribution in [0, 0.1) is 0 Å². The SMILES string of the molecule is NC(=O)CSc1nnc(-c2ccc(OC(F)F)cc2)n1N. The normalized spacial score (nSPS) is 10.8. The number of halogens is 2. The molecule has 4 N–H and O–H groups in total. The smallest absolute Gasteiger partial charge is 0.387 e. The van der Waals surface area contributed by atoms with Gasteiger partial charge in [0, 0.05) is 5.56 Å². The van der Waals surface area contributed by atoms with E-state index in [9.17, 15) is 13.6 Å². The zero-order valence-corrected chi connectivity index (χ0v) is 11.4. The molecule has 1 aromatic carbocycles. The van der Waals surface area contributed by atoms with Gasteiger partial charge in [-0.25, -0.2) is 4.68 Å². The van der Waals surface area contributed by atoms with E-state index >= 15 is 0 Å². The quantitative estimate of drug-likeness (QED) is 0.604. The van der Waals surface area contributed by atoms with Gasteiger partial charge < -0.3 is 16.3 Å². The molecule has 0 aliphatic heterocycles. The van der Waals surface area contributed by atoms with Crippen molar-refractivity contribution in [3.63, 3.8) is 0 Å². The second-order valence-corrected chi connectivity index (χ2v) is 4.78. The fourth-order valence-electron chi connectivity index (χ4n) is 1.49. The number of carbonyl (C=O) groups excluding carboxylic acids is 1. The van der Waals surface area contributed by atoms with Crippen molar-refractivity contribution in [3.8, 4) is 17.1 Å². The van der Waals surface area contributed by atoms with Crippen LogP contribution in [0.2, 0.25) is 0 Å². The lowest BCUT2D eigenvalue weighted by molar-refractivity contribution is -0.115. The molecule has 0 fully saturated rings. The number of amides is 1. The van der Waals surface area contributed by atoms with Gasteiger partial charge in [-0.2, -0.15) is 8.78 Å². The third-order valence-corrected chi connectivity index (χ3v) is 3.31. The summed E-state index contributed by atoms with van der Waals surface area (Å²) in [6, 6.07) is 5.78. The van der Waals surface area contributed by atoms with Crippen molar-refractivity contribution in [2.75, 3.05) is 11.6 Å². The van der Waals surface area contributed by atoms with Crippen molar-refractivity contribution in [3.05, 3.63) is 24.3 Å². The zero-order chi connectivity index (χ0) is 15.4. The number of aromatic nitrogens is 3. The predicted molar refractivity (Wildman–Crippen MR) is 72.2 cm³/mol. The highest BCUT2D eigenvalue weighted by atomic mass is 32.2. The highest BCUT2D eigenvalue weighted by molar-refractivity contribution is 7.99. The summed E-state index contributed by atoms with van der Waals surface area (Å²) in [6.07, 6.45) is 0. The van der Waals surface area contributed by atoms with Crippen molar-refractivity contribution in [2.45, 2.75) is 11.8 Å². The van der Waals surface area contributed by atoms with Crippen molar-refractivity contribution < 1.29 is 18.3 Å². The van der Waals surface area contributed by atoms with E-state index in [-0.39, 0.29) is 11.5 Å². The van der Waals surface area contributed by atoms with E-state index < -0.39 is 12.5 Å². The second kappa shape index (κ2) is 6.39. The third kappa shape index (κ3) is 3.81. The number of nitrogen functional groups attached to an aromatic ring is 1. The molecule has 0 spiro atoms. The molecule has 1 heterocycles. The van der Waals surface area contributed by atoms with Crippen LogP contribution in [0.15, 0.2) is 29.4 Å². The Hall–Kier alpha value is -2.36. The monoisotopic (exact) mass is 315 g/mol. The molecule has 0 saturated carbocycles. The molecule has 112 valence electrons. The molecule has 0 bridgehead atoms. The maximum atomic E-state index is 12.1.